The third kappa shape index (κ3) is 3.52. The van der Waals surface area contributed by atoms with E-state index in [1.165, 1.54) is 24.8 Å². The molecule has 6 heteroatoms. The lowest BCUT2D eigenvalue weighted by Crippen LogP contribution is -2.40. The first kappa shape index (κ1) is 15.4. The third-order valence-corrected chi connectivity index (χ3v) is 5.91. The molecule has 4 nitrogen and oxygen atoms in total. The summed E-state index contributed by atoms with van der Waals surface area (Å²) in [6.07, 6.45) is 3.54. The van der Waals surface area contributed by atoms with Crippen molar-refractivity contribution in [3.05, 3.63) is 38.9 Å². The number of nitrogens with zero attached hydrogens (tertiary/aromatic N) is 3. The SMILES string of the molecule is CC(CNc1cc(Cl)nc(C2CC2)n1)N1CCc2sccc2C1. The summed E-state index contributed by atoms with van der Waals surface area (Å²) in [5.74, 6) is 2.27. The van der Waals surface area contributed by atoms with Gasteiger partial charge in [0.05, 0.1) is 0 Å². The van der Waals surface area contributed by atoms with Gasteiger partial charge in [-0.25, -0.2) is 9.97 Å². The molecule has 1 unspecified atom stereocenters. The summed E-state index contributed by atoms with van der Waals surface area (Å²) < 4.78 is 0. The molecule has 0 spiro atoms. The maximum Gasteiger partial charge on any atom is 0.135 e. The molecule has 0 radical (unpaired) electrons. The number of aromatic nitrogens is 2. The van der Waals surface area contributed by atoms with Crippen molar-refractivity contribution in [3.8, 4) is 0 Å². The van der Waals surface area contributed by atoms with Crippen LogP contribution in [0.5, 0.6) is 0 Å². The minimum Gasteiger partial charge on any atom is -0.368 e. The van der Waals surface area contributed by atoms with E-state index in [0.717, 1.165) is 31.3 Å². The van der Waals surface area contributed by atoms with Gasteiger partial charge in [-0.15, -0.1) is 11.3 Å². The van der Waals surface area contributed by atoms with Crippen LogP contribution in [-0.2, 0) is 13.0 Å². The predicted molar refractivity (Wildman–Crippen MR) is 95.4 cm³/mol. The van der Waals surface area contributed by atoms with E-state index in [4.69, 9.17) is 11.6 Å². The van der Waals surface area contributed by atoms with Crippen LogP contribution in [0.15, 0.2) is 17.5 Å². The van der Waals surface area contributed by atoms with Gasteiger partial charge in [-0.1, -0.05) is 11.6 Å². The van der Waals surface area contributed by atoms with Gasteiger partial charge in [-0.2, -0.15) is 0 Å². The molecule has 1 N–H and O–H groups in total. The highest BCUT2D eigenvalue weighted by molar-refractivity contribution is 7.10. The summed E-state index contributed by atoms with van der Waals surface area (Å²) in [5.41, 5.74) is 1.49. The summed E-state index contributed by atoms with van der Waals surface area (Å²) in [6, 6.07) is 4.55. The third-order valence-electron chi connectivity index (χ3n) is 4.69. The second-order valence-corrected chi connectivity index (χ2v) is 7.92. The molecular weight excluding hydrogens is 328 g/mol. The molecule has 0 amide bonds. The van der Waals surface area contributed by atoms with Gasteiger partial charge in [0.15, 0.2) is 0 Å². The molecule has 0 aromatic carbocycles. The Morgan fingerprint density at radius 1 is 1.43 bits per heavy atom. The fourth-order valence-corrected chi connectivity index (χ4v) is 4.16. The van der Waals surface area contributed by atoms with Crippen LogP contribution in [0.1, 0.15) is 41.9 Å². The first-order chi connectivity index (χ1) is 11.2. The van der Waals surface area contributed by atoms with Gasteiger partial charge in [0.1, 0.15) is 16.8 Å². The Labute approximate surface area is 145 Å². The Bertz CT molecular complexity index is 698. The lowest BCUT2D eigenvalue weighted by atomic mass is 10.1. The molecule has 3 heterocycles. The smallest absolute Gasteiger partial charge is 0.135 e. The monoisotopic (exact) mass is 348 g/mol. The number of halogens is 1. The number of thiophene rings is 1. The van der Waals surface area contributed by atoms with Crippen molar-refractivity contribution < 1.29 is 0 Å². The molecule has 1 saturated carbocycles. The van der Waals surface area contributed by atoms with Crippen LogP contribution in [0.3, 0.4) is 0 Å². The second kappa shape index (κ2) is 6.38. The molecule has 1 aliphatic carbocycles. The summed E-state index contributed by atoms with van der Waals surface area (Å²) >= 11 is 8.02. The fourth-order valence-electron chi connectivity index (χ4n) is 3.08. The maximum atomic E-state index is 6.13. The van der Waals surface area contributed by atoms with Crippen LogP contribution in [0, 0.1) is 0 Å². The molecule has 4 rings (SSSR count). The van der Waals surface area contributed by atoms with Gasteiger partial charge >= 0.3 is 0 Å². The molecule has 0 bridgehead atoms. The van der Waals surface area contributed by atoms with Crippen LogP contribution >= 0.6 is 22.9 Å². The van der Waals surface area contributed by atoms with Crippen molar-refractivity contribution in [2.24, 2.45) is 0 Å². The standard InChI is InChI=1S/C17H21ClN4S/c1-11(22-6-4-14-13(10-22)5-7-23-14)9-19-16-8-15(18)20-17(21-16)12-2-3-12/h5,7-8,11-12H,2-4,6,9-10H2,1H3,(H,19,20,21). The molecule has 1 aliphatic heterocycles. The molecule has 23 heavy (non-hydrogen) atoms. The number of anilines is 1. The number of hydrogen-bond acceptors (Lipinski definition) is 5. The minimum atomic E-state index is 0.459. The number of hydrogen-bond donors (Lipinski definition) is 1. The predicted octanol–water partition coefficient (Wildman–Crippen LogP) is 3.93. The van der Waals surface area contributed by atoms with E-state index in [0.29, 0.717) is 17.1 Å². The highest BCUT2D eigenvalue weighted by Gasteiger charge is 2.27. The van der Waals surface area contributed by atoms with E-state index in [1.807, 2.05) is 17.4 Å². The van der Waals surface area contributed by atoms with Gasteiger partial charge in [-0.3, -0.25) is 4.90 Å². The quantitative estimate of drug-likeness (QED) is 0.831. The first-order valence-corrected chi connectivity index (χ1v) is 9.52. The van der Waals surface area contributed by atoms with E-state index in [1.54, 1.807) is 4.88 Å². The lowest BCUT2D eigenvalue weighted by Gasteiger charge is -2.32. The molecule has 1 fully saturated rings. The van der Waals surface area contributed by atoms with Crippen molar-refractivity contribution in [2.45, 2.75) is 44.7 Å². The van der Waals surface area contributed by atoms with Gasteiger partial charge < -0.3 is 5.32 Å². The Morgan fingerprint density at radius 3 is 3.13 bits per heavy atom. The first-order valence-electron chi connectivity index (χ1n) is 8.26. The Morgan fingerprint density at radius 2 is 2.30 bits per heavy atom. The molecular formula is C17H21ClN4S. The highest BCUT2D eigenvalue weighted by Crippen LogP contribution is 2.38. The minimum absolute atomic E-state index is 0.459. The second-order valence-electron chi connectivity index (χ2n) is 6.53. The maximum absolute atomic E-state index is 6.13. The average molecular weight is 349 g/mol. The lowest BCUT2D eigenvalue weighted by molar-refractivity contribution is 0.200. The molecule has 1 atom stereocenters. The summed E-state index contributed by atoms with van der Waals surface area (Å²) in [4.78, 5) is 13.0. The van der Waals surface area contributed by atoms with E-state index in [9.17, 15) is 0 Å². The van der Waals surface area contributed by atoms with E-state index in [-0.39, 0.29) is 0 Å². The zero-order valence-electron chi connectivity index (χ0n) is 13.3. The van der Waals surface area contributed by atoms with Crippen LogP contribution < -0.4 is 5.32 Å². The van der Waals surface area contributed by atoms with Gasteiger partial charge in [0, 0.05) is 42.5 Å². The number of rotatable bonds is 5. The number of fused-ring (bicyclic) bond motifs is 1. The van der Waals surface area contributed by atoms with Crippen molar-refractivity contribution >= 4 is 28.8 Å². The Kier molecular flexibility index (Phi) is 4.26. The van der Waals surface area contributed by atoms with Crippen LogP contribution in [0.2, 0.25) is 5.15 Å². The van der Waals surface area contributed by atoms with E-state index >= 15 is 0 Å². The number of nitrogens with one attached hydrogen (secondary N) is 1. The summed E-state index contributed by atoms with van der Waals surface area (Å²) in [6.45, 7) is 5.33. The highest BCUT2D eigenvalue weighted by atomic mass is 35.5. The topological polar surface area (TPSA) is 41.1 Å². The van der Waals surface area contributed by atoms with E-state index in [2.05, 4.69) is 38.6 Å². The van der Waals surface area contributed by atoms with Gasteiger partial charge in [0.2, 0.25) is 0 Å². The Hall–Kier alpha value is -1.17. The molecule has 2 aromatic heterocycles. The fraction of sp³-hybridized carbons (Fsp3) is 0.529. The largest absolute Gasteiger partial charge is 0.368 e. The van der Waals surface area contributed by atoms with Crippen molar-refractivity contribution in [1.29, 1.82) is 0 Å². The molecule has 2 aliphatic rings. The molecule has 2 aromatic rings. The summed E-state index contributed by atoms with van der Waals surface area (Å²) in [7, 11) is 0. The molecule has 0 saturated heterocycles. The van der Waals surface area contributed by atoms with E-state index < -0.39 is 0 Å². The summed E-state index contributed by atoms with van der Waals surface area (Å²) in [5, 5.41) is 6.20. The van der Waals surface area contributed by atoms with Gasteiger partial charge in [-0.05, 0) is 43.2 Å². The van der Waals surface area contributed by atoms with Gasteiger partial charge in [0.25, 0.3) is 0 Å². The van der Waals surface area contributed by atoms with Crippen LogP contribution in [-0.4, -0.2) is 34.0 Å². The van der Waals surface area contributed by atoms with Crippen molar-refractivity contribution in [3.63, 3.8) is 0 Å². The van der Waals surface area contributed by atoms with Crippen molar-refractivity contribution in [1.82, 2.24) is 14.9 Å². The molecule has 122 valence electrons. The van der Waals surface area contributed by atoms with Crippen LogP contribution in [0.4, 0.5) is 5.82 Å². The Balaban J connectivity index is 1.37. The average Bonchev–Trinajstić information content (AvgIpc) is 3.29. The normalized spacial score (nSPS) is 19.4. The van der Waals surface area contributed by atoms with Crippen molar-refractivity contribution in [2.75, 3.05) is 18.4 Å². The zero-order valence-corrected chi connectivity index (χ0v) is 14.8. The zero-order chi connectivity index (χ0) is 15.8. The van der Waals surface area contributed by atoms with Crippen LogP contribution in [0.25, 0.3) is 0 Å².